The predicted molar refractivity (Wildman–Crippen MR) is 74.6 cm³/mol. The minimum atomic E-state index is -0.245. The molecule has 6 heteroatoms. The summed E-state index contributed by atoms with van der Waals surface area (Å²) in [5.41, 5.74) is 6.45. The average molecular weight is 281 g/mol. The fraction of sp³-hybridized carbons (Fsp3) is 0.500. The van der Waals surface area contributed by atoms with Gasteiger partial charge in [0.25, 0.3) is 0 Å². The fourth-order valence-electron chi connectivity index (χ4n) is 2.35. The summed E-state index contributed by atoms with van der Waals surface area (Å²) in [6.07, 6.45) is 0.632. The summed E-state index contributed by atoms with van der Waals surface area (Å²) in [7, 11) is 0. The molecule has 0 radical (unpaired) electrons. The second-order valence-corrected chi connectivity index (χ2v) is 5.31. The van der Waals surface area contributed by atoms with E-state index >= 15 is 0 Å². The number of hydrogen-bond donors (Lipinski definition) is 2. The zero-order chi connectivity index (χ0) is 14.7. The molecule has 1 atom stereocenters. The molecule has 1 unspecified atom stereocenters. The van der Waals surface area contributed by atoms with Crippen LogP contribution in [-0.2, 0) is 6.42 Å². The molecule has 20 heavy (non-hydrogen) atoms. The zero-order valence-electron chi connectivity index (χ0n) is 11.7. The van der Waals surface area contributed by atoms with Crippen molar-refractivity contribution in [3.63, 3.8) is 0 Å². The van der Waals surface area contributed by atoms with E-state index in [9.17, 15) is 4.39 Å². The maximum absolute atomic E-state index is 13.2. The van der Waals surface area contributed by atoms with Crippen LogP contribution in [0, 0.1) is 5.82 Å². The lowest BCUT2D eigenvalue weighted by molar-refractivity contribution is 0.140. The first kappa shape index (κ1) is 14.6. The Kier molecular flexibility index (Phi) is 4.44. The highest BCUT2D eigenvalue weighted by molar-refractivity contribution is 5.81. The number of oxime groups is 1. The molecule has 110 valence electrons. The molecule has 0 aromatic heterocycles. The lowest BCUT2D eigenvalue weighted by Crippen LogP contribution is -2.44. The van der Waals surface area contributed by atoms with Gasteiger partial charge in [0, 0.05) is 24.6 Å². The van der Waals surface area contributed by atoms with E-state index in [1.807, 2.05) is 13.8 Å². The second kappa shape index (κ2) is 6.09. The van der Waals surface area contributed by atoms with E-state index in [1.54, 1.807) is 6.07 Å². The molecule has 1 aromatic rings. The van der Waals surface area contributed by atoms with Gasteiger partial charge in [0.1, 0.15) is 17.7 Å². The minimum absolute atomic E-state index is 0.0410. The van der Waals surface area contributed by atoms with Crippen LogP contribution < -0.4 is 10.5 Å². The third-order valence-electron chi connectivity index (χ3n) is 3.43. The van der Waals surface area contributed by atoms with Crippen LogP contribution >= 0.6 is 0 Å². The number of fused-ring (bicyclic) bond motifs is 1. The Morgan fingerprint density at radius 1 is 1.60 bits per heavy atom. The third kappa shape index (κ3) is 3.39. The van der Waals surface area contributed by atoms with Crippen molar-refractivity contribution in [3.05, 3.63) is 29.6 Å². The van der Waals surface area contributed by atoms with Gasteiger partial charge in [0.15, 0.2) is 5.84 Å². The lowest BCUT2D eigenvalue weighted by Gasteiger charge is -2.28. The van der Waals surface area contributed by atoms with Crippen LogP contribution in [0.2, 0.25) is 0 Å². The predicted octanol–water partition coefficient (Wildman–Crippen LogP) is 1.59. The summed E-state index contributed by atoms with van der Waals surface area (Å²) in [5.74, 6) is 0.662. The van der Waals surface area contributed by atoms with E-state index in [2.05, 4.69) is 10.1 Å². The summed E-state index contributed by atoms with van der Waals surface area (Å²) in [6.45, 7) is 5.09. The number of nitrogens with zero attached hydrogens (tertiary/aromatic N) is 2. The van der Waals surface area contributed by atoms with Gasteiger partial charge in [-0.1, -0.05) is 5.16 Å². The van der Waals surface area contributed by atoms with E-state index < -0.39 is 0 Å². The van der Waals surface area contributed by atoms with Gasteiger partial charge >= 0.3 is 0 Å². The minimum Gasteiger partial charge on any atom is -0.488 e. The third-order valence-corrected chi connectivity index (χ3v) is 3.43. The van der Waals surface area contributed by atoms with Gasteiger partial charge in [-0.3, -0.25) is 4.90 Å². The van der Waals surface area contributed by atoms with Gasteiger partial charge < -0.3 is 15.7 Å². The maximum atomic E-state index is 13.2. The molecule has 0 saturated heterocycles. The van der Waals surface area contributed by atoms with E-state index in [0.717, 1.165) is 11.3 Å². The zero-order valence-corrected chi connectivity index (χ0v) is 11.7. The number of nitrogens with two attached hydrogens (primary N) is 1. The van der Waals surface area contributed by atoms with Gasteiger partial charge in [0.05, 0.1) is 6.54 Å². The fourth-order valence-corrected chi connectivity index (χ4v) is 2.35. The van der Waals surface area contributed by atoms with Crippen molar-refractivity contribution in [1.82, 2.24) is 4.90 Å². The van der Waals surface area contributed by atoms with Crippen molar-refractivity contribution in [1.29, 1.82) is 0 Å². The van der Waals surface area contributed by atoms with Crippen molar-refractivity contribution in [3.8, 4) is 5.75 Å². The SMILES string of the molecule is CC(C)N(CC(N)=NO)CC1Cc2cc(F)ccc2O1. The van der Waals surface area contributed by atoms with Crippen LogP contribution in [-0.4, -0.2) is 41.2 Å². The standard InChI is InChI=1S/C14H20FN3O2/c1-9(2)18(8-14(16)17-19)7-12-6-10-5-11(15)3-4-13(10)20-12/h3-5,9,12,19H,6-8H2,1-2H3,(H2,16,17). The molecule has 0 saturated carbocycles. The highest BCUT2D eigenvalue weighted by atomic mass is 19.1. The van der Waals surface area contributed by atoms with Crippen LogP contribution in [0.25, 0.3) is 0 Å². The van der Waals surface area contributed by atoms with Crippen LogP contribution in [0.15, 0.2) is 23.4 Å². The normalized spacial score (nSPS) is 18.4. The highest BCUT2D eigenvalue weighted by Crippen LogP contribution is 2.29. The maximum Gasteiger partial charge on any atom is 0.153 e. The van der Waals surface area contributed by atoms with Gasteiger partial charge in [-0.25, -0.2) is 4.39 Å². The molecule has 1 heterocycles. The second-order valence-electron chi connectivity index (χ2n) is 5.31. The topological polar surface area (TPSA) is 71.1 Å². The smallest absolute Gasteiger partial charge is 0.153 e. The van der Waals surface area contributed by atoms with E-state index in [0.29, 0.717) is 19.5 Å². The summed E-state index contributed by atoms with van der Waals surface area (Å²) >= 11 is 0. The summed E-state index contributed by atoms with van der Waals surface area (Å²) < 4.78 is 19.0. The number of halogens is 1. The lowest BCUT2D eigenvalue weighted by atomic mass is 10.1. The van der Waals surface area contributed by atoms with Gasteiger partial charge in [-0.15, -0.1) is 0 Å². The largest absolute Gasteiger partial charge is 0.488 e. The summed E-state index contributed by atoms with van der Waals surface area (Å²) in [5, 5.41) is 11.7. The molecule has 3 N–H and O–H groups in total. The molecular formula is C14H20FN3O2. The molecule has 1 aromatic carbocycles. The quantitative estimate of drug-likeness (QED) is 0.372. The Labute approximate surface area is 117 Å². The van der Waals surface area contributed by atoms with E-state index in [4.69, 9.17) is 15.7 Å². The Hall–Kier alpha value is -1.82. The van der Waals surface area contributed by atoms with Gasteiger partial charge in [-0.05, 0) is 32.0 Å². The molecule has 0 bridgehead atoms. The monoisotopic (exact) mass is 281 g/mol. The molecule has 2 rings (SSSR count). The Bertz CT molecular complexity index is 505. The molecule has 5 nitrogen and oxygen atoms in total. The number of rotatable bonds is 5. The summed E-state index contributed by atoms with van der Waals surface area (Å²) in [4.78, 5) is 2.06. The Balaban J connectivity index is 2.00. The van der Waals surface area contributed by atoms with E-state index in [1.165, 1.54) is 12.1 Å². The van der Waals surface area contributed by atoms with Crippen molar-refractivity contribution in [2.75, 3.05) is 13.1 Å². The Morgan fingerprint density at radius 3 is 3.00 bits per heavy atom. The van der Waals surface area contributed by atoms with Crippen LogP contribution in [0.3, 0.4) is 0 Å². The van der Waals surface area contributed by atoms with Gasteiger partial charge in [-0.2, -0.15) is 0 Å². The number of hydrogen-bond acceptors (Lipinski definition) is 4. The Morgan fingerprint density at radius 2 is 2.35 bits per heavy atom. The molecule has 0 aliphatic carbocycles. The molecule has 1 aliphatic rings. The summed E-state index contributed by atoms with van der Waals surface area (Å²) in [6, 6.07) is 4.81. The molecular weight excluding hydrogens is 261 g/mol. The first-order chi connectivity index (χ1) is 9.49. The van der Waals surface area contributed by atoms with Crippen molar-refractivity contribution in [2.24, 2.45) is 10.9 Å². The first-order valence-electron chi connectivity index (χ1n) is 6.65. The van der Waals surface area contributed by atoms with Crippen LogP contribution in [0.4, 0.5) is 4.39 Å². The van der Waals surface area contributed by atoms with E-state index in [-0.39, 0.29) is 23.8 Å². The van der Waals surface area contributed by atoms with Gasteiger partial charge in [0.2, 0.25) is 0 Å². The van der Waals surface area contributed by atoms with Crippen molar-refractivity contribution in [2.45, 2.75) is 32.4 Å². The number of benzene rings is 1. The first-order valence-corrected chi connectivity index (χ1v) is 6.65. The average Bonchev–Trinajstić information content (AvgIpc) is 2.79. The van der Waals surface area contributed by atoms with Crippen LogP contribution in [0.5, 0.6) is 5.75 Å². The van der Waals surface area contributed by atoms with Crippen LogP contribution in [0.1, 0.15) is 19.4 Å². The van der Waals surface area contributed by atoms with Crippen molar-refractivity contribution >= 4 is 5.84 Å². The molecule has 1 aliphatic heterocycles. The molecule has 0 fully saturated rings. The molecule has 0 amide bonds. The van der Waals surface area contributed by atoms with Crippen molar-refractivity contribution < 1.29 is 14.3 Å². The molecule has 0 spiro atoms. The number of amidine groups is 1. The number of ether oxygens (including phenoxy) is 1. The highest BCUT2D eigenvalue weighted by Gasteiger charge is 2.26.